The number of aromatic nitrogens is 2. The second kappa shape index (κ2) is 4.56. The van der Waals surface area contributed by atoms with Gasteiger partial charge in [-0.1, -0.05) is 5.10 Å². The summed E-state index contributed by atoms with van der Waals surface area (Å²) in [6, 6.07) is 0.151. The van der Waals surface area contributed by atoms with Gasteiger partial charge in [0.15, 0.2) is 0 Å². The summed E-state index contributed by atoms with van der Waals surface area (Å²) in [5, 5.41) is 12.5. The zero-order valence-corrected chi connectivity index (χ0v) is 7.63. The van der Waals surface area contributed by atoms with E-state index >= 15 is 0 Å². The minimum Gasteiger partial charge on any atom is -0.408 e. The van der Waals surface area contributed by atoms with Crippen molar-refractivity contribution < 1.29 is 9.21 Å². The molecule has 6 nitrogen and oxygen atoms in total. The van der Waals surface area contributed by atoms with Crippen LogP contribution in [0.3, 0.4) is 0 Å². The molecule has 13 heavy (non-hydrogen) atoms. The minimum atomic E-state index is -0.141. The molecule has 0 aliphatic heterocycles. The quantitative estimate of drug-likeness (QED) is 0.684. The molecule has 0 fully saturated rings. The first-order chi connectivity index (χ1) is 6.22. The molecule has 1 aromatic rings. The van der Waals surface area contributed by atoms with Crippen molar-refractivity contribution in [3.05, 3.63) is 5.89 Å². The number of hydrogen-bond acceptors (Lipinski definition) is 5. The molecular weight excluding hydrogens is 172 g/mol. The fourth-order valence-electron chi connectivity index (χ4n) is 0.767. The van der Waals surface area contributed by atoms with Crippen LogP contribution in [0, 0.1) is 6.92 Å². The molecule has 0 saturated carbocycles. The van der Waals surface area contributed by atoms with Crippen LogP contribution in [0.2, 0.25) is 0 Å². The van der Waals surface area contributed by atoms with E-state index < -0.39 is 0 Å². The Labute approximate surface area is 75.7 Å². The van der Waals surface area contributed by atoms with Crippen LogP contribution in [-0.4, -0.2) is 29.7 Å². The van der Waals surface area contributed by atoms with Gasteiger partial charge >= 0.3 is 6.01 Å². The van der Waals surface area contributed by atoms with E-state index in [0.717, 1.165) is 0 Å². The maximum absolute atomic E-state index is 11.1. The highest BCUT2D eigenvalue weighted by Crippen LogP contribution is 2.03. The lowest BCUT2D eigenvalue weighted by atomic mass is 10.4. The van der Waals surface area contributed by atoms with Crippen LogP contribution in [0.1, 0.15) is 12.3 Å². The van der Waals surface area contributed by atoms with Gasteiger partial charge in [-0.2, -0.15) is 0 Å². The van der Waals surface area contributed by atoms with Gasteiger partial charge in [0, 0.05) is 19.9 Å². The Kier molecular flexibility index (Phi) is 3.39. The lowest BCUT2D eigenvalue weighted by Crippen LogP contribution is -2.18. The predicted octanol–water partition coefficient (Wildman–Crippen LogP) is -0.0740. The Morgan fingerprint density at radius 2 is 2.31 bits per heavy atom. The van der Waals surface area contributed by atoms with Crippen molar-refractivity contribution in [3.8, 4) is 0 Å². The predicted molar refractivity (Wildman–Crippen MR) is 46.2 cm³/mol. The average Bonchev–Trinajstić information content (AvgIpc) is 2.48. The Morgan fingerprint density at radius 1 is 1.54 bits per heavy atom. The molecule has 6 heteroatoms. The molecule has 0 aliphatic rings. The lowest BCUT2D eigenvalue weighted by Gasteiger charge is -1.98. The third kappa shape index (κ3) is 3.20. The van der Waals surface area contributed by atoms with Crippen molar-refractivity contribution in [1.82, 2.24) is 15.5 Å². The summed E-state index contributed by atoms with van der Waals surface area (Å²) in [6.07, 6.45) is 0.387. The van der Waals surface area contributed by atoms with Crippen LogP contribution in [0.25, 0.3) is 0 Å². The Hall–Kier alpha value is -1.43. The monoisotopic (exact) mass is 184 g/mol. The number of carbonyl (C=O) groups excluding carboxylic acids is 1. The summed E-state index contributed by atoms with van der Waals surface area (Å²) in [6.45, 7) is 2.29. The maximum Gasteiger partial charge on any atom is 0.322 e. The number of rotatable bonds is 4. The first-order valence-electron chi connectivity index (χ1n) is 3.97. The summed E-state index contributed by atoms with van der Waals surface area (Å²) in [4.78, 5) is 11.1. The first kappa shape index (κ1) is 9.66. The Balaban J connectivity index is 2.36. The number of anilines is 1. The van der Waals surface area contributed by atoms with Gasteiger partial charge in [-0.3, -0.25) is 10.1 Å². The van der Waals surface area contributed by atoms with Gasteiger partial charge in [0.2, 0.25) is 11.8 Å². The molecule has 0 spiro atoms. The Morgan fingerprint density at radius 3 is 2.85 bits per heavy atom. The number of aryl methyl sites for hydroxylation is 1. The second-order valence-corrected chi connectivity index (χ2v) is 2.53. The molecule has 1 aromatic heterocycles. The van der Waals surface area contributed by atoms with Crippen LogP contribution in [0.15, 0.2) is 4.42 Å². The molecule has 1 rings (SSSR count). The van der Waals surface area contributed by atoms with E-state index in [1.54, 1.807) is 14.0 Å². The number of amides is 1. The highest BCUT2D eigenvalue weighted by Gasteiger charge is 2.06. The molecule has 0 saturated heterocycles. The fourth-order valence-corrected chi connectivity index (χ4v) is 0.767. The molecule has 0 radical (unpaired) electrons. The van der Waals surface area contributed by atoms with Crippen molar-refractivity contribution >= 4 is 11.9 Å². The van der Waals surface area contributed by atoms with Gasteiger partial charge < -0.3 is 9.73 Å². The van der Waals surface area contributed by atoms with Crippen molar-refractivity contribution in [2.75, 3.05) is 18.9 Å². The van der Waals surface area contributed by atoms with Crippen LogP contribution in [0.4, 0.5) is 6.01 Å². The van der Waals surface area contributed by atoms with Gasteiger partial charge in [0.05, 0.1) is 0 Å². The molecule has 72 valence electrons. The third-order valence-electron chi connectivity index (χ3n) is 1.37. The van der Waals surface area contributed by atoms with Crippen molar-refractivity contribution in [2.24, 2.45) is 0 Å². The molecular formula is C7H12N4O2. The molecule has 0 aromatic carbocycles. The van der Waals surface area contributed by atoms with Gasteiger partial charge in [0.25, 0.3) is 0 Å². The molecule has 0 bridgehead atoms. The van der Waals surface area contributed by atoms with Gasteiger partial charge in [-0.05, 0) is 7.05 Å². The Bertz CT molecular complexity index is 284. The van der Waals surface area contributed by atoms with Gasteiger partial charge in [0.1, 0.15) is 0 Å². The maximum atomic E-state index is 11.1. The average molecular weight is 184 g/mol. The zero-order chi connectivity index (χ0) is 9.68. The number of nitrogens with zero attached hydrogens (tertiary/aromatic N) is 2. The summed E-state index contributed by atoms with van der Waals surface area (Å²) in [7, 11) is 1.78. The van der Waals surface area contributed by atoms with Gasteiger partial charge in [-0.15, -0.1) is 5.10 Å². The van der Waals surface area contributed by atoms with E-state index in [9.17, 15) is 4.79 Å². The topological polar surface area (TPSA) is 80.0 Å². The van der Waals surface area contributed by atoms with Gasteiger partial charge in [-0.25, -0.2) is 0 Å². The van der Waals surface area contributed by atoms with E-state index in [0.29, 0.717) is 18.9 Å². The van der Waals surface area contributed by atoms with E-state index in [4.69, 9.17) is 4.42 Å². The lowest BCUT2D eigenvalue weighted by molar-refractivity contribution is -0.116. The minimum absolute atomic E-state index is 0.141. The van der Waals surface area contributed by atoms with Crippen molar-refractivity contribution in [3.63, 3.8) is 0 Å². The highest BCUT2D eigenvalue weighted by atomic mass is 16.4. The highest BCUT2D eigenvalue weighted by molar-refractivity contribution is 5.88. The molecule has 1 amide bonds. The van der Waals surface area contributed by atoms with Crippen molar-refractivity contribution in [1.29, 1.82) is 0 Å². The van der Waals surface area contributed by atoms with E-state index in [2.05, 4.69) is 20.8 Å². The first-order valence-corrected chi connectivity index (χ1v) is 3.97. The molecule has 0 unspecified atom stereocenters. The summed E-state index contributed by atoms with van der Waals surface area (Å²) >= 11 is 0. The number of nitrogens with one attached hydrogen (secondary N) is 2. The zero-order valence-electron chi connectivity index (χ0n) is 7.63. The summed E-state index contributed by atoms with van der Waals surface area (Å²) in [5.74, 6) is 0.293. The molecule has 1 heterocycles. The van der Waals surface area contributed by atoms with Crippen molar-refractivity contribution in [2.45, 2.75) is 13.3 Å². The summed E-state index contributed by atoms with van der Waals surface area (Å²) in [5.41, 5.74) is 0. The van der Waals surface area contributed by atoms with E-state index in [-0.39, 0.29) is 11.9 Å². The normalized spacial score (nSPS) is 10.0. The fraction of sp³-hybridized carbons (Fsp3) is 0.571. The molecule has 0 aliphatic carbocycles. The van der Waals surface area contributed by atoms with Crippen LogP contribution in [-0.2, 0) is 4.79 Å². The largest absolute Gasteiger partial charge is 0.408 e. The second-order valence-electron chi connectivity index (χ2n) is 2.53. The third-order valence-corrected chi connectivity index (χ3v) is 1.37. The van der Waals surface area contributed by atoms with Crippen LogP contribution < -0.4 is 10.6 Å². The SMILES string of the molecule is CNCCC(=O)Nc1nnc(C)o1. The van der Waals surface area contributed by atoms with E-state index in [1.807, 2.05) is 0 Å². The van der Waals surface area contributed by atoms with Crippen LogP contribution >= 0.6 is 0 Å². The smallest absolute Gasteiger partial charge is 0.322 e. The molecule has 2 N–H and O–H groups in total. The summed E-state index contributed by atoms with van der Waals surface area (Å²) < 4.78 is 4.96. The molecule has 0 atom stereocenters. The van der Waals surface area contributed by atoms with Crippen LogP contribution in [0.5, 0.6) is 0 Å². The standard InChI is InChI=1S/C7H12N4O2/c1-5-10-11-7(13-5)9-6(12)3-4-8-2/h8H,3-4H2,1-2H3,(H,9,11,12). The number of hydrogen-bond donors (Lipinski definition) is 2. The van der Waals surface area contributed by atoms with E-state index in [1.165, 1.54) is 0 Å². The number of carbonyl (C=O) groups is 1.